The van der Waals surface area contributed by atoms with E-state index in [1.54, 1.807) is 0 Å². The quantitative estimate of drug-likeness (QED) is 0.870. The van der Waals surface area contributed by atoms with E-state index in [-0.39, 0.29) is 5.69 Å². The molecule has 4 nitrogen and oxygen atoms in total. The Morgan fingerprint density at radius 1 is 1.40 bits per heavy atom. The molecule has 0 saturated heterocycles. The van der Waals surface area contributed by atoms with E-state index in [1.807, 2.05) is 0 Å². The normalized spacial score (nSPS) is 17.9. The Balaban J connectivity index is 2.32. The Morgan fingerprint density at radius 3 is 2.67 bits per heavy atom. The number of carbonyl (C=O) groups is 1. The summed E-state index contributed by atoms with van der Waals surface area (Å²) in [6.07, 6.45) is 5.76. The molecule has 1 saturated carbocycles. The van der Waals surface area contributed by atoms with Gasteiger partial charge in [0.2, 0.25) is 0 Å². The molecule has 0 amide bonds. The van der Waals surface area contributed by atoms with Crippen molar-refractivity contribution in [2.45, 2.75) is 38.0 Å². The number of hydrogen-bond donors (Lipinski definition) is 2. The first-order valence-corrected chi connectivity index (χ1v) is 5.96. The van der Waals surface area contributed by atoms with Gasteiger partial charge in [0.25, 0.3) is 0 Å². The summed E-state index contributed by atoms with van der Waals surface area (Å²) in [5.41, 5.74) is 1.02. The van der Waals surface area contributed by atoms with Gasteiger partial charge in [-0.3, -0.25) is 5.10 Å². The van der Waals surface area contributed by atoms with Crippen molar-refractivity contribution in [3.05, 3.63) is 15.9 Å². The summed E-state index contributed by atoms with van der Waals surface area (Å²) in [5.74, 6) is -0.601. The number of aromatic amines is 1. The molecule has 1 aliphatic rings. The minimum atomic E-state index is -0.947. The molecule has 1 heterocycles. The van der Waals surface area contributed by atoms with Gasteiger partial charge in [-0.2, -0.15) is 5.10 Å². The second-order valence-electron chi connectivity index (χ2n) is 3.94. The lowest BCUT2D eigenvalue weighted by molar-refractivity contribution is 0.0688. The number of aromatic nitrogens is 2. The zero-order valence-corrected chi connectivity index (χ0v) is 9.88. The van der Waals surface area contributed by atoms with Crippen LogP contribution in [0.4, 0.5) is 0 Å². The van der Waals surface area contributed by atoms with Crippen LogP contribution in [-0.4, -0.2) is 21.3 Å². The van der Waals surface area contributed by atoms with E-state index in [9.17, 15) is 4.79 Å². The lowest BCUT2D eigenvalue weighted by Gasteiger charge is -2.21. The van der Waals surface area contributed by atoms with E-state index in [0.717, 1.165) is 23.0 Å². The smallest absolute Gasteiger partial charge is 0.356 e. The Morgan fingerprint density at radius 2 is 2.07 bits per heavy atom. The van der Waals surface area contributed by atoms with Gasteiger partial charge in [-0.25, -0.2) is 4.79 Å². The van der Waals surface area contributed by atoms with E-state index >= 15 is 0 Å². The number of carboxylic acids is 1. The molecule has 0 unspecified atom stereocenters. The molecule has 0 radical (unpaired) electrons. The number of aromatic carboxylic acids is 1. The van der Waals surface area contributed by atoms with Crippen LogP contribution in [0.5, 0.6) is 0 Å². The van der Waals surface area contributed by atoms with Crippen molar-refractivity contribution in [2.75, 3.05) is 0 Å². The van der Waals surface area contributed by atoms with Gasteiger partial charge >= 0.3 is 5.97 Å². The van der Waals surface area contributed by atoms with E-state index in [4.69, 9.17) is 5.11 Å². The third kappa shape index (κ3) is 2.07. The summed E-state index contributed by atoms with van der Waals surface area (Å²) in [4.78, 5) is 11.0. The highest BCUT2D eigenvalue weighted by Crippen LogP contribution is 2.37. The van der Waals surface area contributed by atoms with Crippen LogP contribution < -0.4 is 0 Å². The molecule has 0 aliphatic heterocycles. The summed E-state index contributed by atoms with van der Waals surface area (Å²) in [6.45, 7) is 0. The molecule has 1 aliphatic carbocycles. The van der Waals surface area contributed by atoms with Crippen LogP contribution in [0.15, 0.2) is 4.60 Å². The summed E-state index contributed by atoms with van der Waals surface area (Å²) in [5, 5.41) is 15.5. The highest BCUT2D eigenvalue weighted by molar-refractivity contribution is 9.10. The number of carboxylic acid groups (broad SMARTS) is 1. The Kier molecular flexibility index (Phi) is 3.09. The fraction of sp³-hybridized carbons (Fsp3) is 0.600. The molecule has 0 spiro atoms. The van der Waals surface area contributed by atoms with Crippen LogP contribution in [0.25, 0.3) is 0 Å². The first-order valence-electron chi connectivity index (χ1n) is 5.17. The monoisotopic (exact) mass is 272 g/mol. The fourth-order valence-electron chi connectivity index (χ4n) is 2.26. The number of nitrogens with one attached hydrogen (secondary N) is 1. The molecule has 1 aromatic rings. The lowest BCUT2D eigenvalue weighted by Crippen LogP contribution is -2.09. The molecule has 2 rings (SSSR count). The van der Waals surface area contributed by atoms with Gasteiger partial charge < -0.3 is 5.11 Å². The van der Waals surface area contributed by atoms with Crippen molar-refractivity contribution in [3.63, 3.8) is 0 Å². The van der Waals surface area contributed by atoms with Crippen molar-refractivity contribution >= 4 is 21.9 Å². The van der Waals surface area contributed by atoms with Crippen molar-refractivity contribution < 1.29 is 9.90 Å². The molecule has 2 N–H and O–H groups in total. The van der Waals surface area contributed by atoms with E-state index in [2.05, 4.69) is 26.1 Å². The summed E-state index contributed by atoms with van der Waals surface area (Å²) in [6, 6.07) is 0. The Labute approximate surface area is 96.2 Å². The number of rotatable bonds is 2. The minimum absolute atomic E-state index is 0.175. The second kappa shape index (κ2) is 4.35. The van der Waals surface area contributed by atoms with Gasteiger partial charge in [-0.05, 0) is 34.7 Å². The summed E-state index contributed by atoms with van der Waals surface area (Å²) < 4.78 is 0.729. The number of halogens is 1. The zero-order chi connectivity index (χ0) is 10.8. The van der Waals surface area contributed by atoms with E-state index < -0.39 is 5.97 Å². The van der Waals surface area contributed by atoms with Crippen LogP contribution in [-0.2, 0) is 0 Å². The standard InChI is InChI=1S/C10H13BrN2O2/c11-9-7(6-4-2-1-3-5-6)8(10(14)15)12-13-9/h6H,1-5H2,(H,12,13)(H,14,15). The molecular formula is C10H13BrN2O2. The average molecular weight is 273 g/mol. The van der Waals surface area contributed by atoms with Gasteiger partial charge in [0.15, 0.2) is 5.69 Å². The lowest BCUT2D eigenvalue weighted by atomic mass is 9.84. The number of H-pyrrole nitrogens is 1. The zero-order valence-electron chi connectivity index (χ0n) is 8.29. The van der Waals surface area contributed by atoms with E-state index in [1.165, 1.54) is 19.3 Å². The topological polar surface area (TPSA) is 66.0 Å². The highest BCUT2D eigenvalue weighted by atomic mass is 79.9. The Hall–Kier alpha value is -0.840. The van der Waals surface area contributed by atoms with Gasteiger partial charge in [0.05, 0.1) is 0 Å². The minimum Gasteiger partial charge on any atom is -0.476 e. The Bertz CT molecular complexity index is 369. The van der Waals surface area contributed by atoms with Crippen LogP contribution in [0.1, 0.15) is 54.1 Å². The van der Waals surface area contributed by atoms with Crippen LogP contribution in [0.3, 0.4) is 0 Å². The second-order valence-corrected chi connectivity index (χ2v) is 4.73. The first kappa shape index (κ1) is 10.7. The van der Waals surface area contributed by atoms with Crippen molar-refractivity contribution in [2.24, 2.45) is 0 Å². The molecule has 0 atom stereocenters. The van der Waals surface area contributed by atoms with Gasteiger partial charge in [0.1, 0.15) is 4.60 Å². The van der Waals surface area contributed by atoms with E-state index in [0.29, 0.717) is 5.92 Å². The molecule has 15 heavy (non-hydrogen) atoms. The predicted molar refractivity (Wildman–Crippen MR) is 59.1 cm³/mol. The third-order valence-electron chi connectivity index (χ3n) is 2.97. The number of nitrogens with zero attached hydrogens (tertiary/aromatic N) is 1. The molecule has 0 aromatic carbocycles. The number of hydrogen-bond acceptors (Lipinski definition) is 2. The van der Waals surface area contributed by atoms with Gasteiger partial charge in [0, 0.05) is 5.56 Å². The maximum absolute atomic E-state index is 11.0. The molecule has 5 heteroatoms. The average Bonchev–Trinajstić information content (AvgIpc) is 2.61. The fourth-order valence-corrected chi connectivity index (χ4v) is 2.86. The molecule has 0 bridgehead atoms. The van der Waals surface area contributed by atoms with Crippen LogP contribution >= 0.6 is 15.9 Å². The summed E-state index contributed by atoms with van der Waals surface area (Å²) in [7, 11) is 0. The van der Waals surface area contributed by atoms with Crippen molar-refractivity contribution in [1.82, 2.24) is 10.2 Å². The summed E-state index contributed by atoms with van der Waals surface area (Å²) >= 11 is 3.34. The molecular weight excluding hydrogens is 260 g/mol. The molecule has 1 fully saturated rings. The van der Waals surface area contributed by atoms with Gasteiger partial charge in [-0.15, -0.1) is 0 Å². The predicted octanol–water partition coefficient (Wildman–Crippen LogP) is 2.92. The maximum atomic E-state index is 11.0. The van der Waals surface area contributed by atoms with Crippen LogP contribution in [0, 0.1) is 0 Å². The first-order chi connectivity index (χ1) is 7.20. The maximum Gasteiger partial charge on any atom is 0.356 e. The van der Waals surface area contributed by atoms with Crippen LogP contribution in [0.2, 0.25) is 0 Å². The SMILES string of the molecule is O=C(O)c1n[nH]c(Br)c1C1CCCCC1. The largest absolute Gasteiger partial charge is 0.476 e. The van der Waals surface area contributed by atoms with Crippen molar-refractivity contribution in [3.8, 4) is 0 Å². The van der Waals surface area contributed by atoms with Gasteiger partial charge in [-0.1, -0.05) is 19.3 Å². The molecule has 1 aromatic heterocycles. The third-order valence-corrected chi connectivity index (χ3v) is 3.58. The molecule has 82 valence electrons. The van der Waals surface area contributed by atoms with Crippen molar-refractivity contribution in [1.29, 1.82) is 0 Å². The highest BCUT2D eigenvalue weighted by Gasteiger charge is 2.26.